The standard InChI is InChI=1S/C10H9BrO5/c11-7-5(4-12)2-1-3-6(7)8(13)9(14)10(15)16/h1-4,8-9,13-14H,(H,15,16). The molecule has 16 heavy (non-hydrogen) atoms. The molecule has 0 saturated heterocycles. The fourth-order valence-electron chi connectivity index (χ4n) is 1.19. The van der Waals surface area contributed by atoms with Gasteiger partial charge < -0.3 is 15.3 Å². The lowest BCUT2D eigenvalue weighted by Gasteiger charge is -2.16. The smallest absolute Gasteiger partial charge is 0.335 e. The van der Waals surface area contributed by atoms with Crippen LogP contribution in [0.3, 0.4) is 0 Å². The number of aliphatic carboxylic acids is 1. The number of carbonyl (C=O) groups is 2. The average molecular weight is 289 g/mol. The molecule has 2 atom stereocenters. The topological polar surface area (TPSA) is 94.8 Å². The summed E-state index contributed by atoms with van der Waals surface area (Å²) in [7, 11) is 0. The summed E-state index contributed by atoms with van der Waals surface area (Å²) >= 11 is 3.06. The third-order valence-corrected chi connectivity index (χ3v) is 2.97. The third-order valence-electron chi connectivity index (χ3n) is 2.06. The quantitative estimate of drug-likeness (QED) is 0.711. The Morgan fingerprint density at radius 2 is 2.00 bits per heavy atom. The molecule has 1 aromatic carbocycles. The van der Waals surface area contributed by atoms with E-state index >= 15 is 0 Å². The first-order valence-corrected chi connectivity index (χ1v) is 5.11. The van der Waals surface area contributed by atoms with Crippen LogP contribution in [0.2, 0.25) is 0 Å². The fraction of sp³-hybridized carbons (Fsp3) is 0.200. The predicted octanol–water partition coefficient (Wildman–Crippen LogP) is 0.740. The summed E-state index contributed by atoms with van der Waals surface area (Å²) in [6.45, 7) is 0. The van der Waals surface area contributed by atoms with Crippen LogP contribution in [0.4, 0.5) is 0 Å². The first kappa shape index (κ1) is 12.8. The second-order valence-corrected chi connectivity index (χ2v) is 3.89. The van der Waals surface area contributed by atoms with E-state index in [0.717, 1.165) is 0 Å². The van der Waals surface area contributed by atoms with Crippen molar-refractivity contribution < 1.29 is 24.9 Å². The van der Waals surface area contributed by atoms with Crippen molar-refractivity contribution in [2.75, 3.05) is 0 Å². The van der Waals surface area contributed by atoms with E-state index in [0.29, 0.717) is 6.29 Å². The first-order valence-electron chi connectivity index (χ1n) is 4.31. The van der Waals surface area contributed by atoms with Gasteiger partial charge in [-0.2, -0.15) is 0 Å². The zero-order valence-corrected chi connectivity index (χ0v) is 9.59. The van der Waals surface area contributed by atoms with Crippen molar-refractivity contribution in [3.05, 3.63) is 33.8 Å². The Hall–Kier alpha value is -1.24. The zero-order valence-electron chi connectivity index (χ0n) is 8.00. The molecule has 0 saturated carbocycles. The van der Waals surface area contributed by atoms with Gasteiger partial charge in [-0.25, -0.2) is 4.79 Å². The Morgan fingerprint density at radius 3 is 2.50 bits per heavy atom. The second-order valence-electron chi connectivity index (χ2n) is 3.10. The van der Waals surface area contributed by atoms with Crippen molar-refractivity contribution >= 4 is 28.2 Å². The van der Waals surface area contributed by atoms with E-state index in [1.54, 1.807) is 0 Å². The number of carbonyl (C=O) groups excluding carboxylic acids is 1. The highest BCUT2D eigenvalue weighted by Gasteiger charge is 2.27. The average Bonchev–Trinajstić information content (AvgIpc) is 2.27. The van der Waals surface area contributed by atoms with E-state index in [1.165, 1.54) is 18.2 Å². The minimum absolute atomic E-state index is 0.152. The molecule has 86 valence electrons. The second kappa shape index (κ2) is 5.20. The number of benzene rings is 1. The van der Waals surface area contributed by atoms with Crippen LogP contribution in [0.25, 0.3) is 0 Å². The van der Waals surface area contributed by atoms with Crippen LogP contribution in [0.5, 0.6) is 0 Å². The number of carboxylic acids is 1. The molecule has 6 heteroatoms. The van der Waals surface area contributed by atoms with Gasteiger partial charge in [0.05, 0.1) is 0 Å². The van der Waals surface area contributed by atoms with Crippen molar-refractivity contribution in [2.24, 2.45) is 0 Å². The molecule has 0 aliphatic rings. The van der Waals surface area contributed by atoms with Gasteiger partial charge in [0.2, 0.25) is 0 Å². The number of rotatable bonds is 4. The summed E-state index contributed by atoms with van der Waals surface area (Å²) in [5.41, 5.74) is 0.425. The van der Waals surface area contributed by atoms with Crippen molar-refractivity contribution in [1.29, 1.82) is 0 Å². The van der Waals surface area contributed by atoms with Gasteiger partial charge in [0.15, 0.2) is 12.4 Å². The maximum absolute atomic E-state index is 10.6. The molecule has 3 N–H and O–H groups in total. The van der Waals surface area contributed by atoms with Crippen LogP contribution in [-0.4, -0.2) is 33.7 Å². The fourth-order valence-corrected chi connectivity index (χ4v) is 1.79. The van der Waals surface area contributed by atoms with Gasteiger partial charge in [0, 0.05) is 10.0 Å². The number of aliphatic hydroxyl groups is 2. The Morgan fingerprint density at radius 1 is 1.38 bits per heavy atom. The van der Waals surface area contributed by atoms with Crippen LogP contribution in [0.1, 0.15) is 22.0 Å². The number of halogens is 1. The lowest BCUT2D eigenvalue weighted by molar-refractivity contribution is -0.153. The molecular formula is C10H9BrO5. The van der Waals surface area contributed by atoms with Gasteiger partial charge in [-0.3, -0.25) is 4.79 Å². The van der Waals surface area contributed by atoms with Crippen molar-refractivity contribution in [2.45, 2.75) is 12.2 Å². The van der Waals surface area contributed by atoms with Crippen molar-refractivity contribution in [3.63, 3.8) is 0 Å². The number of hydrogen-bond acceptors (Lipinski definition) is 4. The molecule has 5 nitrogen and oxygen atoms in total. The Balaban J connectivity index is 3.13. The van der Waals surface area contributed by atoms with Crippen molar-refractivity contribution in [1.82, 2.24) is 0 Å². The number of aliphatic hydroxyl groups excluding tert-OH is 2. The predicted molar refractivity (Wildman–Crippen MR) is 58.1 cm³/mol. The summed E-state index contributed by atoms with van der Waals surface area (Å²) in [6, 6.07) is 4.41. The van der Waals surface area contributed by atoms with E-state index in [1.807, 2.05) is 0 Å². The summed E-state index contributed by atoms with van der Waals surface area (Å²) < 4.78 is 0.276. The largest absolute Gasteiger partial charge is 0.479 e. The highest BCUT2D eigenvalue weighted by Crippen LogP contribution is 2.28. The normalized spacial score (nSPS) is 14.2. The minimum Gasteiger partial charge on any atom is -0.479 e. The minimum atomic E-state index is -1.93. The summed E-state index contributed by atoms with van der Waals surface area (Å²) in [6.07, 6.45) is -2.96. The zero-order chi connectivity index (χ0) is 12.3. The van der Waals surface area contributed by atoms with Crippen LogP contribution < -0.4 is 0 Å². The SMILES string of the molecule is O=Cc1cccc(C(O)C(O)C(=O)O)c1Br. The van der Waals surface area contributed by atoms with Gasteiger partial charge in [0.1, 0.15) is 6.10 Å². The number of carboxylic acid groups (broad SMARTS) is 1. The maximum Gasteiger partial charge on any atom is 0.335 e. The Kier molecular flexibility index (Phi) is 4.17. The molecule has 0 aliphatic heterocycles. The molecule has 0 heterocycles. The van der Waals surface area contributed by atoms with Gasteiger partial charge in [-0.05, 0) is 21.5 Å². The van der Waals surface area contributed by atoms with E-state index in [-0.39, 0.29) is 15.6 Å². The lowest BCUT2D eigenvalue weighted by atomic mass is 10.0. The van der Waals surface area contributed by atoms with E-state index < -0.39 is 18.2 Å². The molecule has 0 fully saturated rings. The van der Waals surface area contributed by atoms with Crippen LogP contribution in [0, 0.1) is 0 Å². The Bertz CT molecular complexity index is 418. The summed E-state index contributed by atoms with van der Waals surface area (Å²) in [4.78, 5) is 21.1. The highest BCUT2D eigenvalue weighted by atomic mass is 79.9. The van der Waals surface area contributed by atoms with Crippen molar-refractivity contribution in [3.8, 4) is 0 Å². The van der Waals surface area contributed by atoms with E-state index in [9.17, 15) is 19.8 Å². The van der Waals surface area contributed by atoms with Gasteiger partial charge in [-0.15, -0.1) is 0 Å². The lowest BCUT2D eigenvalue weighted by Crippen LogP contribution is -2.27. The van der Waals surface area contributed by atoms with Gasteiger partial charge >= 0.3 is 5.97 Å². The van der Waals surface area contributed by atoms with E-state index in [2.05, 4.69) is 15.9 Å². The van der Waals surface area contributed by atoms with Crippen LogP contribution >= 0.6 is 15.9 Å². The molecule has 2 unspecified atom stereocenters. The molecule has 0 bridgehead atoms. The summed E-state index contributed by atoms with van der Waals surface area (Å²) in [5.74, 6) is -1.53. The molecule has 0 amide bonds. The number of aldehydes is 1. The Labute approximate surface area is 99.5 Å². The molecule has 0 radical (unpaired) electrons. The maximum atomic E-state index is 10.6. The highest BCUT2D eigenvalue weighted by molar-refractivity contribution is 9.10. The molecular weight excluding hydrogens is 280 g/mol. The summed E-state index contributed by atoms with van der Waals surface area (Å²) in [5, 5.41) is 27.3. The molecule has 0 spiro atoms. The molecule has 0 aromatic heterocycles. The molecule has 1 rings (SSSR count). The molecule has 1 aromatic rings. The number of hydrogen-bond donors (Lipinski definition) is 3. The van der Waals surface area contributed by atoms with Gasteiger partial charge in [0.25, 0.3) is 0 Å². The third kappa shape index (κ3) is 2.46. The first-order chi connectivity index (χ1) is 7.49. The molecule has 0 aliphatic carbocycles. The van der Waals surface area contributed by atoms with Gasteiger partial charge in [-0.1, -0.05) is 18.2 Å². The van der Waals surface area contributed by atoms with Crippen LogP contribution in [0.15, 0.2) is 22.7 Å². The van der Waals surface area contributed by atoms with Crippen LogP contribution in [-0.2, 0) is 4.79 Å². The monoisotopic (exact) mass is 288 g/mol. The van der Waals surface area contributed by atoms with E-state index in [4.69, 9.17) is 5.11 Å².